The molecule has 1 saturated heterocycles. The van der Waals surface area contributed by atoms with Crippen LogP contribution in [0.3, 0.4) is 0 Å². The van der Waals surface area contributed by atoms with Crippen LogP contribution in [0.25, 0.3) is 5.69 Å². The minimum atomic E-state index is 0.323. The smallest absolute Gasteiger partial charge is 0.104 e. The molecule has 1 N–H and O–H groups in total. The molecule has 2 heterocycles. The van der Waals surface area contributed by atoms with E-state index in [0.717, 1.165) is 24.4 Å². The maximum absolute atomic E-state index is 6.40. The number of ether oxygens (including phenoxy) is 1. The van der Waals surface area contributed by atoms with Crippen LogP contribution in [-0.2, 0) is 11.3 Å². The molecule has 2 saturated carbocycles. The van der Waals surface area contributed by atoms with Crippen LogP contribution >= 0.6 is 23.2 Å². The Bertz CT molecular complexity index is 784. The van der Waals surface area contributed by atoms with Gasteiger partial charge in [-0.15, -0.1) is 5.10 Å². The number of aromatic nitrogens is 3. The summed E-state index contributed by atoms with van der Waals surface area (Å²) in [7, 11) is 0. The van der Waals surface area contributed by atoms with Gasteiger partial charge in [-0.05, 0) is 43.7 Å². The molecule has 25 heavy (non-hydrogen) atoms. The number of nitrogens with zero attached hydrogens (tertiary/aromatic N) is 3. The van der Waals surface area contributed by atoms with Gasteiger partial charge >= 0.3 is 0 Å². The molecule has 1 aliphatic heterocycles. The fourth-order valence-electron chi connectivity index (χ4n) is 4.17. The zero-order valence-corrected chi connectivity index (χ0v) is 15.3. The monoisotopic (exact) mass is 378 g/mol. The number of piperidine rings is 1. The third kappa shape index (κ3) is 2.87. The van der Waals surface area contributed by atoms with Gasteiger partial charge in [-0.3, -0.25) is 0 Å². The van der Waals surface area contributed by atoms with Crippen molar-refractivity contribution in [2.24, 2.45) is 5.92 Å². The molecule has 2 bridgehead atoms. The maximum Gasteiger partial charge on any atom is 0.104 e. The molecule has 2 aliphatic carbocycles. The Morgan fingerprint density at radius 3 is 2.64 bits per heavy atom. The summed E-state index contributed by atoms with van der Waals surface area (Å²) in [6, 6.07) is 6.12. The minimum absolute atomic E-state index is 0.323. The summed E-state index contributed by atoms with van der Waals surface area (Å²) >= 11 is 12.8. The highest BCUT2D eigenvalue weighted by Crippen LogP contribution is 2.42. The average Bonchev–Trinajstić information content (AvgIpc) is 3.03. The summed E-state index contributed by atoms with van der Waals surface area (Å²) < 4.78 is 8.10. The van der Waals surface area contributed by atoms with E-state index < -0.39 is 0 Å². The van der Waals surface area contributed by atoms with E-state index in [2.05, 4.69) is 15.6 Å². The third-order valence-electron chi connectivity index (χ3n) is 5.64. The molecule has 0 unspecified atom stereocenters. The number of hydrogen-bond acceptors (Lipinski definition) is 4. The van der Waals surface area contributed by atoms with E-state index in [-0.39, 0.29) is 0 Å². The quantitative estimate of drug-likeness (QED) is 0.861. The standard InChI is InChI=1S/C18H20Cl2N4O/c19-13-2-1-3-14(20)18(13)24-15(17(22-23-24)10-4-5-10)9-25-16-7-12-6-11(16)8-21-12/h1-3,10-12,16,21H,4-9H2/t11-,12-,16+/m0/s1. The number of fused-ring (bicyclic) bond motifs is 2. The number of para-hydroxylation sites is 1. The zero-order chi connectivity index (χ0) is 17.0. The fraction of sp³-hybridized carbons (Fsp3) is 0.556. The maximum atomic E-state index is 6.40. The lowest BCUT2D eigenvalue weighted by Crippen LogP contribution is -2.34. The molecular formula is C18H20Cl2N4O. The normalized spacial score (nSPS) is 28.0. The summed E-state index contributed by atoms with van der Waals surface area (Å²) in [5.74, 6) is 1.12. The summed E-state index contributed by atoms with van der Waals surface area (Å²) in [4.78, 5) is 0. The first-order valence-electron chi connectivity index (χ1n) is 8.94. The average molecular weight is 379 g/mol. The van der Waals surface area contributed by atoms with Crippen LogP contribution in [0.5, 0.6) is 0 Å². The Kier molecular flexibility index (Phi) is 4.01. The van der Waals surface area contributed by atoms with Crippen molar-refractivity contribution in [2.45, 2.75) is 50.4 Å². The topological polar surface area (TPSA) is 52.0 Å². The Labute approximate surface area is 156 Å². The van der Waals surface area contributed by atoms with E-state index in [1.165, 1.54) is 19.3 Å². The first-order chi connectivity index (χ1) is 12.2. The van der Waals surface area contributed by atoms with Crippen molar-refractivity contribution in [3.8, 4) is 5.69 Å². The van der Waals surface area contributed by atoms with Crippen molar-refractivity contribution in [1.29, 1.82) is 0 Å². The van der Waals surface area contributed by atoms with E-state index >= 15 is 0 Å². The van der Waals surface area contributed by atoms with Gasteiger partial charge in [0.05, 0.1) is 34.1 Å². The predicted molar refractivity (Wildman–Crippen MR) is 96.4 cm³/mol. The highest BCUT2D eigenvalue weighted by Gasteiger charge is 2.40. The molecule has 132 valence electrons. The van der Waals surface area contributed by atoms with Crippen LogP contribution in [0.4, 0.5) is 0 Å². The molecule has 1 aromatic carbocycles. The molecule has 0 spiro atoms. The van der Waals surface area contributed by atoms with Gasteiger partial charge in [0, 0.05) is 18.5 Å². The molecule has 3 aliphatic rings. The second kappa shape index (κ2) is 6.23. The lowest BCUT2D eigenvalue weighted by atomic mass is 10.1. The third-order valence-corrected chi connectivity index (χ3v) is 6.25. The largest absolute Gasteiger partial charge is 0.371 e. The van der Waals surface area contributed by atoms with E-state index in [1.807, 2.05) is 18.2 Å². The van der Waals surface area contributed by atoms with E-state index in [4.69, 9.17) is 27.9 Å². The predicted octanol–water partition coefficient (Wildman–Crippen LogP) is 3.72. The molecule has 1 aromatic heterocycles. The second-order valence-electron chi connectivity index (χ2n) is 7.36. The molecule has 3 atom stereocenters. The van der Waals surface area contributed by atoms with Crippen LogP contribution in [0.15, 0.2) is 18.2 Å². The first kappa shape index (κ1) is 16.1. The first-order valence-corrected chi connectivity index (χ1v) is 9.70. The molecule has 5 nitrogen and oxygen atoms in total. The number of halogens is 2. The molecule has 7 heteroatoms. The Hall–Kier alpha value is -1.14. The van der Waals surface area contributed by atoms with Gasteiger partial charge in [-0.2, -0.15) is 0 Å². The zero-order valence-electron chi connectivity index (χ0n) is 13.8. The number of hydrogen-bond donors (Lipinski definition) is 1. The lowest BCUT2D eigenvalue weighted by Gasteiger charge is -2.23. The van der Waals surface area contributed by atoms with E-state index in [1.54, 1.807) is 4.68 Å². The Balaban J connectivity index is 1.46. The van der Waals surface area contributed by atoms with Crippen molar-refractivity contribution in [3.05, 3.63) is 39.6 Å². The summed E-state index contributed by atoms with van der Waals surface area (Å²) in [6.45, 7) is 1.58. The van der Waals surface area contributed by atoms with E-state index in [0.29, 0.717) is 46.3 Å². The Morgan fingerprint density at radius 1 is 1.20 bits per heavy atom. The van der Waals surface area contributed by atoms with Crippen molar-refractivity contribution in [3.63, 3.8) is 0 Å². The van der Waals surface area contributed by atoms with Gasteiger partial charge in [0.1, 0.15) is 5.69 Å². The molecule has 0 amide bonds. The van der Waals surface area contributed by atoms with Gasteiger partial charge in [0.2, 0.25) is 0 Å². The highest BCUT2D eigenvalue weighted by molar-refractivity contribution is 6.37. The molecule has 0 radical (unpaired) electrons. The van der Waals surface area contributed by atoms with Crippen LogP contribution in [0.2, 0.25) is 10.0 Å². The SMILES string of the molecule is Clc1cccc(Cl)c1-n1nnc(C2CC2)c1CO[C@@H]1C[C@@H]2C[C@H]1CN2. The van der Waals surface area contributed by atoms with Crippen molar-refractivity contribution < 1.29 is 4.74 Å². The second-order valence-corrected chi connectivity index (χ2v) is 8.18. The molecular weight excluding hydrogens is 359 g/mol. The number of nitrogens with one attached hydrogen (secondary N) is 1. The molecule has 5 rings (SSSR count). The van der Waals surface area contributed by atoms with Gasteiger partial charge in [-0.1, -0.05) is 34.5 Å². The molecule has 2 aromatic rings. The summed E-state index contributed by atoms with van der Waals surface area (Å²) in [5, 5.41) is 13.5. The number of rotatable bonds is 5. The van der Waals surface area contributed by atoms with Crippen LogP contribution < -0.4 is 5.32 Å². The summed E-state index contributed by atoms with van der Waals surface area (Å²) in [5.41, 5.74) is 2.73. The van der Waals surface area contributed by atoms with Crippen LogP contribution in [0, 0.1) is 5.92 Å². The van der Waals surface area contributed by atoms with Gasteiger partial charge in [0.15, 0.2) is 0 Å². The Morgan fingerprint density at radius 2 is 2.00 bits per heavy atom. The summed E-state index contributed by atoms with van der Waals surface area (Å²) in [6.07, 6.45) is 4.98. The fourth-order valence-corrected chi connectivity index (χ4v) is 4.73. The van der Waals surface area contributed by atoms with Gasteiger partial charge in [0.25, 0.3) is 0 Å². The number of benzene rings is 1. The highest BCUT2D eigenvalue weighted by atomic mass is 35.5. The van der Waals surface area contributed by atoms with Crippen LogP contribution in [0.1, 0.15) is 43.0 Å². The van der Waals surface area contributed by atoms with Crippen molar-refractivity contribution in [2.75, 3.05) is 6.54 Å². The minimum Gasteiger partial charge on any atom is -0.371 e. The van der Waals surface area contributed by atoms with Crippen molar-refractivity contribution >= 4 is 23.2 Å². The van der Waals surface area contributed by atoms with Gasteiger partial charge in [-0.25, -0.2) is 4.68 Å². The van der Waals surface area contributed by atoms with E-state index in [9.17, 15) is 0 Å². The van der Waals surface area contributed by atoms with Gasteiger partial charge < -0.3 is 10.1 Å². The van der Waals surface area contributed by atoms with Crippen molar-refractivity contribution in [1.82, 2.24) is 20.3 Å². The van der Waals surface area contributed by atoms with Crippen LogP contribution in [-0.4, -0.2) is 33.7 Å². The lowest BCUT2D eigenvalue weighted by molar-refractivity contribution is 0.00685. The molecule has 3 fully saturated rings.